The molecule has 2 amide bonds. The standard InChI is InChI=1S/C9H17N3O/c1-5(2)9(6(3)4)7(10)11-8(13)12-9/h5-6H,1-4H3,(H3,10,11,12,13). The molecule has 3 N–H and O–H groups in total. The smallest absolute Gasteiger partial charge is 0.343 e. The molecule has 74 valence electrons. The maximum atomic E-state index is 11.1. The molecule has 0 fully saturated rings. The van der Waals surface area contributed by atoms with Gasteiger partial charge in [0.1, 0.15) is 11.4 Å². The minimum Gasteiger partial charge on any atom is -0.385 e. The second kappa shape index (κ2) is 3.01. The molecular formula is C9H17N3O. The van der Waals surface area contributed by atoms with E-state index in [9.17, 15) is 4.79 Å². The lowest BCUT2D eigenvalue weighted by Gasteiger charge is -2.36. The van der Waals surface area contributed by atoms with E-state index in [0.717, 1.165) is 0 Å². The van der Waals surface area contributed by atoms with Gasteiger partial charge in [-0.25, -0.2) is 4.79 Å². The molecule has 1 rings (SSSR count). The molecule has 4 nitrogen and oxygen atoms in total. The zero-order chi connectivity index (χ0) is 10.2. The van der Waals surface area contributed by atoms with Crippen LogP contribution in [0.5, 0.6) is 0 Å². The summed E-state index contributed by atoms with van der Waals surface area (Å²) in [6, 6.07) is -0.320. The van der Waals surface area contributed by atoms with Crippen LogP contribution in [0, 0.1) is 11.8 Å². The second-order valence-corrected chi connectivity index (χ2v) is 4.11. The van der Waals surface area contributed by atoms with Crippen molar-refractivity contribution in [2.24, 2.45) is 22.6 Å². The van der Waals surface area contributed by atoms with Gasteiger partial charge in [0.2, 0.25) is 0 Å². The summed E-state index contributed by atoms with van der Waals surface area (Å²) >= 11 is 0. The van der Waals surface area contributed by atoms with Crippen molar-refractivity contribution in [1.82, 2.24) is 5.32 Å². The van der Waals surface area contributed by atoms with Gasteiger partial charge in [-0.2, -0.15) is 4.99 Å². The Bertz CT molecular complexity index is 248. The number of urea groups is 1. The molecule has 1 aliphatic heterocycles. The SMILES string of the molecule is CC(C)C1(C(C)C)NC(=O)N=C1N. The maximum absolute atomic E-state index is 11.1. The molecule has 0 spiro atoms. The number of nitrogens with one attached hydrogen (secondary N) is 1. The van der Waals surface area contributed by atoms with E-state index in [4.69, 9.17) is 5.73 Å². The topological polar surface area (TPSA) is 67.5 Å². The van der Waals surface area contributed by atoms with Crippen molar-refractivity contribution in [3.05, 3.63) is 0 Å². The van der Waals surface area contributed by atoms with Crippen LogP contribution < -0.4 is 11.1 Å². The Kier molecular flexibility index (Phi) is 2.32. The van der Waals surface area contributed by atoms with Crippen molar-refractivity contribution in [3.8, 4) is 0 Å². The van der Waals surface area contributed by atoms with Crippen LogP contribution in [0.2, 0.25) is 0 Å². The largest absolute Gasteiger partial charge is 0.385 e. The molecule has 1 heterocycles. The van der Waals surface area contributed by atoms with Gasteiger partial charge in [-0.3, -0.25) is 0 Å². The minimum absolute atomic E-state index is 0.252. The highest BCUT2D eigenvalue weighted by Gasteiger charge is 2.46. The third-order valence-electron chi connectivity index (χ3n) is 2.78. The Morgan fingerprint density at radius 3 is 1.92 bits per heavy atom. The average molecular weight is 183 g/mol. The Balaban J connectivity index is 3.08. The molecule has 4 heteroatoms. The van der Waals surface area contributed by atoms with Gasteiger partial charge in [-0.15, -0.1) is 0 Å². The lowest BCUT2D eigenvalue weighted by molar-refractivity contribution is 0.224. The molecule has 1 aliphatic rings. The van der Waals surface area contributed by atoms with Crippen LogP contribution in [-0.2, 0) is 0 Å². The molecular weight excluding hydrogens is 166 g/mol. The Labute approximate surface area is 78.6 Å². The fourth-order valence-electron chi connectivity index (χ4n) is 2.02. The number of hydrogen-bond donors (Lipinski definition) is 2. The van der Waals surface area contributed by atoms with Crippen molar-refractivity contribution in [3.63, 3.8) is 0 Å². The first-order chi connectivity index (χ1) is 5.91. The summed E-state index contributed by atoms with van der Waals surface area (Å²) in [5.41, 5.74) is 5.33. The molecule has 0 aromatic carbocycles. The van der Waals surface area contributed by atoms with Gasteiger partial charge in [-0.1, -0.05) is 27.7 Å². The molecule has 0 saturated carbocycles. The number of amides is 2. The monoisotopic (exact) mass is 183 g/mol. The van der Waals surface area contributed by atoms with Crippen LogP contribution >= 0.6 is 0 Å². The van der Waals surface area contributed by atoms with E-state index in [2.05, 4.69) is 10.3 Å². The van der Waals surface area contributed by atoms with E-state index >= 15 is 0 Å². The van der Waals surface area contributed by atoms with Crippen molar-refractivity contribution in [1.29, 1.82) is 0 Å². The number of carbonyl (C=O) groups is 1. The second-order valence-electron chi connectivity index (χ2n) is 4.11. The van der Waals surface area contributed by atoms with Crippen LogP contribution in [0.25, 0.3) is 0 Å². The summed E-state index contributed by atoms with van der Waals surface area (Å²) in [7, 11) is 0. The summed E-state index contributed by atoms with van der Waals surface area (Å²) in [5.74, 6) is 0.924. The quantitative estimate of drug-likeness (QED) is 0.673. The lowest BCUT2D eigenvalue weighted by Crippen LogP contribution is -2.59. The third-order valence-corrected chi connectivity index (χ3v) is 2.78. The van der Waals surface area contributed by atoms with Gasteiger partial charge < -0.3 is 11.1 Å². The van der Waals surface area contributed by atoms with Crippen molar-refractivity contribution >= 4 is 11.9 Å². The highest BCUT2D eigenvalue weighted by Crippen LogP contribution is 2.29. The maximum Gasteiger partial charge on any atom is 0.343 e. The summed E-state index contributed by atoms with van der Waals surface area (Å²) < 4.78 is 0. The zero-order valence-corrected chi connectivity index (χ0v) is 8.59. The summed E-state index contributed by atoms with van der Waals surface area (Å²) in [6.07, 6.45) is 0. The van der Waals surface area contributed by atoms with Crippen molar-refractivity contribution < 1.29 is 4.79 Å². The summed E-state index contributed by atoms with van der Waals surface area (Å²) in [4.78, 5) is 14.8. The van der Waals surface area contributed by atoms with Crippen LogP contribution in [-0.4, -0.2) is 17.4 Å². The molecule has 0 saturated heterocycles. The van der Waals surface area contributed by atoms with Crippen molar-refractivity contribution in [2.75, 3.05) is 0 Å². The molecule has 13 heavy (non-hydrogen) atoms. The van der Waals surface area contributed by atoms with E-state index in [-0.39, 0.29) is 17.9 Å². The number of nitrogens with zero attached hydrogens (tertiary/aromatic N) is 1. The predicted octanol–water partition coefficient (Wildman–Crippen LogP) is 1.12. The summed E-state index contributed by atoms with van der Waals surface area (Å²) in [5, 5.41) is 2.85. The van der Waals surface area contributed by atoms with E-state index in [1.807, 2.05) is 27.7 Å². The van der Waals surface area contributed by atoms with E-state index in [1.54, 1.807) is 0 Å². The number of hydrogen-bond acceptors (Lipinski definition) is 2. The van der Waals surface area contributed by atoms with Gasteiger partial charge in [-0.05, 0) is 11.8 Å². The normalized spacial score (nSPS) is 20.8. The number of aliphatic imine (C=N–C) groups is 1. The van der Waals surface area contributed by atoms with Crippen molar-refractivity contribution in [2.45, 2.75) is 33.2 Å². The number of rotatable bonds is 2. The van der Waals surface area contributed by atoms with Crippen LogP contribution in [0.4, 0.5) is 4.79 Å². The Hall–Kier alpha value is -1.06. The highest BCUT2D eigenvalue weighted by molar-refractivity contribution is 6.06. The average Bonchev–Trinajstić information content (AvgIpc) is 2.26. The van der Waals surface area contributed by atoms with E-state index in [1.165, 1.54) is 0 Å². The van der Waals surface area contributed by atoms with Gasteiger partial charge in [0, 0.05) is 0 Å². The van der Waals surface area contributed by atoms with E-state index in [0.29, 0.717) is 5.84 Å². The summed E-state index contributed by atoms with van der Waals surface area (Å²) in [6.45, 7) is 8.14. The van der Waals surface area contributed by atoms with Crippen LogP contribution in [0.1, 0.15) is 27.7 Å². The molecule has 0 aromatic rings. The van der Waals surface area contributed by atoms with Gasteiger partial charge in [0.15, 0.2) is 0 Å². The van der Waals surface area contributed by atoms with E-state index < -0.39 is 5.54 Å². The van der Waals surface area contributed by atoms with Gasteiger partial charge in [0.05, 0.1) is 0 Å². The first kappa shape index (κ1) is 10.0. The zero-order valence-electron chi connectivity index (χ0n) is 8.59. The fourth-order valence-corrected chi connectivity index (χ4v) is 2.02. The predicted molar refractivity (Wildman–Crippen MR) is 52.6 cm³/mol. The number of nitrogens with two attached hydrogens (primary N) is 1. The third kappa shape index (κ3) is 1.30. The highest BCUT2D eigenvalue weighted by atomic mass is 16.2. The molecule has 0 radical (unpaired) electrons. The molecule has 0 atom stereocenters. The van der Waals surface area contributed by atoms with Gasteiger partial charge in [0.25, 0.3) is 0 Å². The minimum atomic E-state index is -0.447. The Morgan fingerprint density at radius 1 is 1.31 bits per heavy atom. The van der Waals surface area contributed by atoms with Crippen LogP contribution in [0.15, 0.2) is 4.99 Å². The fraction of sp³-hybridized carbons (Fsp3) is 0.778. The molecule has 0 unspecified atom stereocenters. The Morgan fingerprint density at radius 2 is 1.77 bits per heavy atom. The first-order valence-corrected chi connectivity index (χ1v) is 4.58. The molecule has 0 bridgehead atoms. The first-order valence-electron chi connectivity index (χ1n) is 4.58. The molecule has 0 aromatic heterocycles. The van der Waals surface area contributed by atoms with Gasteiger partial charge >= 0.3 is 6.03 Å². The van der Waals surface area contributed by atoms with Crippen LogP contribution in [0.3, 0.4) is 0 Å². The number of amidine groups is 1. The lowest BCUT2D eigenvalue weighted by atomic mass is 9.76. The number of carbonyl (C=O) groups excluding carboxylic acids is 1. The molecule has 0 aliphatic carbocycles.